The number of methoxy groups -OCH3 is 3. The van der Waals surface area contributed by atoms with Crippen LogP contribution in [-0.4, -0.2) is 47.7 Å². The van der Waals surface area contributed by atoms with Gasteiger partial charge in [0.15, 0.2) is 11.5 Å². The van der Waals surface area contributed by atoms with Gasteiger partial charge in [0.2, 0.25) is 0 Å². The molecule has 1 aromatic heterocycles. The SMILES string of the molecule is COc1ccc(C2=NN(C(=O)Cn3nc(-c4ccc(Cl)cc4)ccc3=O)C(c3ccc(OC)c(OC)c3)C2)cc1. The highest BCUT2D eigenvalue weighted by atomic mass is 35.5. The summed E-state index contributed by atoms with van der Waals surface area (Å²) in [5, 5.41) is 11.2. The van der Waals surface area contributed by atoms with Gasteiger partial charge in [-0.25, -0.2) is 9.69 Å². The molecule has 5 rings (SSSR count). The molecule has 1 aliphatic rings. The van der Waals surface area contributed by atoms with E-state index in [4.69, 9.17) is 30.9 Å². The van der Waals surface area contributed by atoms with Crippen molar-refractivity contribution in [1.29, 1.82) is 0 Å². The quantitative estimate of drug-likeness (QED) is 0.303. The molecule has 1 unspecified atom stereocenters. The van der Waals surface area contributed by atoms with Crippen molar-refractivity contribution in [1.82, 2.24) is 14.8 Å². The average molecular weight is 559 g/mol. The van der Waals surface area contributed by atoms with Crippen molar-refractivity contribution in [3.63, 3.8) is 0 Å². The molecule has 9 nitrogen and oxygen atoms in total. The van der Waals surface area contributed by atoms with Gasteiger partial charge in [0.1, 0.15) is 12.3 Å². The van der Waals surface area contributed by atoms with Crippen LogP contribution in [0, 0.1) is 0 Å². The van der Waals surface area contributed by atoms with Crippen molar-refractivity contribution < 1.29 is 19.0 Å². The summed E-state index contributed by atoms with van der Waals surface area (Å²) in [6.07, 6.45) is 0.459. The number of aromatic nitrogens is 2. The van der Waals surface area contributed by atoms with Crippen LogP contribution in [0.25, 0.3) is 11.3 Å². The fourth-order valence-corrected chi connectivity index (χ4v) is 4.68. The Kier molecular flexibility index (Phi) is 7.84. The standard InChI is InChI=1S/C30H27ClN4O5/c1-38-23-11-6-20(7-12-23)25-17-26(21-8-14-27(39-2)28(16-21)40-3)35(33-25)30(37)18-34-29(36)15-13-24(32-34)19-4-9-22(31)10-5-19/h4-16,26H,17-18H2,1-3H3. The van der Waals surface area contributed by atoms with Crippen LogP contribution in [0.15, 0.2) is 88.8 Å². The van der Waals surface area contributed by atoms with Crippen LogP contribution in [-0.2, 0) is 11.3 Å². The number of ether oxygens (including phenoxy) is 3. The van der Waals surface area contributed by atoms with Crippen LogP contribution in [0.2, 0.25) is 5.02 Å². The first-order chi connectivity index (χ1) is 19.4. The van der Waals surface area contributed by atoms with E-state index in [2.05, 4.69) is 5.10 Å². The molecule has 1 atom stereocenters. The first kappa shape index (κ1) is 27.0. The third-order valence-electron chi connectivity index (χ3n) is 6.67. The fourth-order valence-electron chi connectivity index (χ4n) is 4.56. The van der Waals surface area contributed by atoms with Gasteiger partial charge in [0.05, 0.1) is 38.8 Å². The van der Waals surface area contributed by atoms with Gasteiger partial charge in [-0.1, -0.05) is 29.8 Å². The first-order valence-corrected chi connectivity index (χ1v) is 12.9. The number of hydrogen-bond acceptors (Lipinski definition) is 7. The summed E-state index contributed by atoms with van der Waals surface area (Å²) in [7, 11) is 4.73. The van der Waals surface area contributed by atoms with Crippen molar-refractivity contribution in [3.8, 4) is 28.5 Å². The maximum atomic E-state index is 13.7. The van der Waals surface area contributed by atoms with E-state index in [0.717, 1.165) is 32.8 Å². The predicted octanol–water partition coefficient (Wildman–Crippen LogP) is 4.97. The van der Waals surface area contributed by atoms with Crippen molar-refractivity contribution in [2.75, 3.05) is 21.3 Å². The van der Waals surface area contributed by atoms with E-state index in [1.165, 1.54) is 11.1 Å². The second kappa shape index (κ2) is 11.6. The number of benzene rings is 3. The highest BCUT2D eigenvalue weighted by Crippen LogP contribution is 2.37. The Morgan fingerprint density at radius 3 is 2.25 bits per heavy atom. The third-order valence-corrected chi connectivity index (χ3v) is 6.93. The Balaban J connectivity index is 1.49. The van der Waals surface area contributed by atoms with E-state index in [-0.39, 0.29) is 12.5 Å². The van der Waals surface area contributed by atoms with Gasteiger partial charge in [-0.2, -0.15) is 10.2 Å². The minimum absolute atomic E-state index is 0.288. The van der Waals surface area contributed by atoms with Gasteiger partial charge in [-0.15, -0.1) is 0 Å². The van der Waals surface area contributed by atoms with E-state index in [0.29, 0.717) is 28.6 Å². The molecule has 0 saturated carbocycles. The largest absolute Gasteiger partial charge is 0.497 e. The lowest BCUT2D eigenvalue weighted by molar-refractivity contribution is -0.133. The molecular weight excluding hydrogens is 532 g/mol. The zero-order valence-electron chi connectivity index (χ0n) is 22.2. The number of amides is 1. The van der Waals surface area contributed by atoms with Crippen LogP contribution in [0.3, 0.4) is 0 Å². The smallest absolute Gasteiger partial charge is 0.267 e. The topological polar surface area (TPSA) is 95.2 Å². The maximum absolute atomic E-state index is 13.7. The molecule has 1 amide bonds. The number of carbonyl (C=O) groups excluding carboxylic acids is 1. The summed E-state index contributed by atoms with van der Waals surface area (Å²) in [4.78, 5) is 26.4. The predicted molar refractivity (Wildman–Crippen MR) is 152 cm³/mol. The number of carbonyl (C=O) groups is 1. The number of nitrogens with zero attached hydrogens (tertiary/aromatic N) is 4. The Morgan fingerprint density at radius 1 is 0.875 bits per heavy atom. The average Bonchev–Trinajstić information content (AvgIpc) is 3.44. The van der Waals surface area contributed by atoms with Crippen molar-refractivity contribution in [3.05, 3.63) is 105 Å². The molecule has 0 saturated heterocycles. The zero-order valence-corrected chi connectivity index (χ0v) is 23.0. The molecule has 0 radical (unpaired) electrons. The lowest BCUT2D eigenvalue weighted by Crippen LogP contribution is -2.35. The molecular formula is C30H27ClN4O5. The number of rotatable bonds is 8. The third kappa shape index (κ3) is 5.55. The molecule has 0 aliphatic carbocycles. The summed E-state index contributed by atoms with van der Waals surface area (Å²) in [5.74, 6) is 1.45. The zero-order chi connectivity index (χ0) is 28.2. The molecule has 2 heterocycles. The van der Waals surface area contributed by atoms with Gasteiger partial charge in [0.25, 0.3) is 11.5 Å². The van der Waals surface area contributed by atoms with Crippen molar-refractivity contribution in [2.45, 2.75) is 19.0 Å². The lowest BCUT2D eigenvalue weighted by Gasteiger charge is -2.23. The Labute approximate surface area is 236 Å². The Morgan fingerprint density at radius 2 is 1.57 bits per heavy atom. The highest BCUT2D eigenvalue weighted by molar-refractivity contribution is 6.30. The molecule has 0 bridgehead atoms. The molecule has 3 aromatic carbocycles. The van der Waals surface area contributed by atoms with E-state index in [9.17, 15) is 9.59 Å². The first-order valence-electron chi connectivity index (χ1n) is 12.5. The van der Waals surface area contributed by atoms with Crippen LogP contribution < -0.4 is 19.8 Å². The highest BCUT2D eigenvalue weighted by Gasteiger charge is 2.34. The Hall–Kier alpha value is -4.63. The summed E-state index contributed by atoms with van der Waals surface area (Å²) in [5.41, 5.74) is 3.33. The molecule has 204 valence electrons. The van der Waals surface area contributed by atoms with E-state index in [1.807, 2.05) is 36.4 Å². The molecule has 0 spiro atoms. The van der Waals surface area contributed by atoms with Gasteiger partial charge in [-0.3, -0.25) is 9.59 Å². The second-order valence-electron chi connectivity index (χ2n) is 9.07. The number of hydrazone groups is 1. The normalized spacial score (nSPS) is 14.6. The number of halogens is 1. The van der Waals surface area contributed by atoms with Crippen molar-refractivity contribution in [2.24, 2.45) is 5.10 Å². The van der Waals surface area contributed by atoms with E-state index in [1.54, 1.807) is 57.7 Å². The van der Waals surface area contributed by atoms with Crippen LogP contribution in [0.5, 0.6) is 17.2 Å². The molecule has 0 N–H and O–H groups in total. The van der Waals surface area contributed by atoms with Gasteiger partial charge < -0.3 is 14.2 Å². The van der Waals surface area contributed by atoms with Gasteiger partial charge >= 0.3 is 0 Å². The minimum Gasteiger partial charge on any atom is -0.497 e. The number of hydrogen-bond donors (Lipinski definition) is 0. The summed E-state index contributed by atoms with van der Waals surface area (Å²) < 4.78 is 17.3. The summed E-state index contributed by atoms with van der Waals surface area (Å²) in [6.45, 7) is -0.288. The lowest BCUT2D eigenvalue weighted by atomic mass is 9.98. The van der Waals surface area contributed by atoms with Crippen LogP contribution in [0.4, 0.5) is 0 Å². The molecule has 4 aromatic rings. The van der Waals surface area contributed by atoms with Crippen LogP contribution in [0.1, 0.15) is 23.6 Å². The maximum Gasteiger partial charge on any atom is 0.267 e. The fraction of sp³-hybridized carbons (Fsp3) is 0.200. The Bertz CT molecular complexity index is 1620. The van der Waals surface area contributed by atoms with Crippen LogP contribution >= 0.6 is 11.6 Å². The molecule has 0 fully saturated rings. The summed E-state index contributed by atoms with van der Waals surface area (Å²) in [6, 6.07) is 22.7. The molecule has 40 heavy (non-hydrogen) atoms. The monoisotopic (exact) mass is 558 g/mol. The van der Waals surface area contributed by atoms with Gasteiger partial charge in [-0.05, 0) is 65.7 Å². The molecule has 1 aliphatic heterocycles. The van der Waals surface area contributed by atoms with Gasteiger partial charge in [0, 0.05) is 23.1 Å². The molecule has 10 heteroatoms. The second-order valence-corrected chi connectivity index (χ2v) is 9.51. The van der Waals surface area contributed by atoms with E-state index < -0.39 is 11.6 Å². The van der Waals surface area contributed by atoms with E-state index >= 15 is 0 Å². The summed E-state index contributed by atoms with van der Waals surface area (Å²) >= 11 is 6.01. The van der Waals surface area contributed by atoms with Crippen molar-refractivity contribution >= 4 is 23.2 Å². The minimum atomic E-state index is -0.431.